The molecule has 0 spiro atoms. The number of nitrogens with zero attached hydrogens (tertiary/aromatic N) is 2. The van der Waals surface area contributed by atoms with Crippen LogP contribution in [-0.4, -0.2) is 16.3 Å². The summed E-state index contributed by atoms with van der Waals surface area (Å²) in [7, 11) is 0. The lowest BCUT2D eigenvalue weighted by atomic mass is 10.1. The minimum absolute atomic E-state index is 0.364. The highest BCUT2D eigenvalue weighted by Gasteiger charge is 2.16. The lowest BCUT2D eigenvalue weighted by Crippen LogP contribution is -2.23. The summed E-state index contributed by atoms with van der Waals surface area (Å²) in [6.45, 7) is 8.24. The van der Waals surface area contributed by atoms with Gasteiger partial charge in [-0.15, -0.1) is 11.3 Å². The van der Waals surface area contributed by atoms with Gasteiger partial charge < -0.3 is 5.32 Å². The average Bonchev–Trinajstić information content (AvgIpc) is 2.95. The Hall–Kier alpha value is -0.650. The molecule has 2 aromatic heterocycles. The highest BCUT2D eigenvalue weighted by molar-refractivity contribution is 9.11. The summed E-state index contributed by atoms with van der Waals surface area (Å²) in [5.41, 5.74) is 2.40. The maximum Gasteiger partial charge on any atom is 0.0701 e. The first kappa shape index (κ1) is 14.8. The third-order valence-electron chi connectivity index (χ3n) is 3.09. The average molecular weight is 342 g/mol. The molecule has 0 aromatic carbocycles. The number of aryl methyl sites for hydroxylation is 2. The Morgan fingerprint density at radius 3 is 2.79 bits per heavy atom. The fraction of sp³-hybridized carbons (Fsp3) is 0.500. The van der Waals surface area contributed by atoms with Gasteiger partial charge in [0.05, 0.1) is 9.48 Å². The molecule has 5 heteroatoms. The van der Waals surface area contributed by atoms with Crippen LogP contribution in [0.1, 0.15) is 36.2 Å². The van der Waals surface area contributed by atoms with Crippen molar-refractivity contribution in [3.63, 3.8) is 0 Å². The topological polar surface area (TPSA) is 29.9 Å². The highest BCUT2D eigenvalue weighted by Crippen LogP contribution is 2.29. The van der Waals surface area contributed by atoms with Gasteiger partial charge in [-0.2, -0.15) is 5.10 Å². The highest BCUT2D eigenvalue weighted by atomic mass is 79.9. The number of hydrogen-bond donors (Lipinski definition) is 1. The van der Waals surface area contributed by atoms with Crippen LogP contribution in [0.5, 0.6) is 0 Å². The third-order valence-corrected chi connectivity index (χ3v) is 4.82. The Morgan fingerprint density at radius 1 is 1.42 bits per heavy atom. The van der Waals surface area contributed by atoms with E-state index in [9.17, 15) is 0 Å². The molecule has 0 aliphatic carbocycles. The number of thiophene rings is 1. The predicted molar refractivity (Wildman–Crippen MR) is 84.8 cm³/mol. The van der Waals surface area contributed by atoms with E-state index in [0.29, 0.717) is 6.04 Å². The zero-order chi connectivity index (χ0) is 13.8. The van der Waals surface area contributed by atoms with Gasteiger partial charge in [-0.25, -0.2) is 0 Å². The second kappa shape index (κ2) is 6.68. The van der Waals surface area contributed by atoms with Crippen LogP contribution in [0.15, 0.2) is 22.0 Å². The van der Waals surface area contributed by atoms with E-state index in [0.717, 1.165) is 25.2 Å². The molecule has 0 saturated carbocycles. The molecule has 3 nitrogen and oxygen atoms in total. The summed E-state index contributed by atoms with van der Waals surface area (Å²) in [6, 6.07) is 6.87. The van der Waals surface area contributed by atoms with Crippen LogP contribution in [0.2, 0.25) is 0 Å². The first-order valence-corrected chi connectivity index (χ1v) is 8.27. The van der Waals surface area contributed by atoms with Gasteiger partial charge >= 0.3 is 0 Å². The van der Waals surface area contributed by atoms with E-state index < -0.39 is 0 Å². The monoisotopic (exact) mass is 341 g/mol. The number of hydrogen-bond acceptors (Lipinski definition) is 3. The molecule has 0 bridgehead atoms. The van der Waals surface area contributed by atoms with Gasteiger partial charge in [-0.3, -0.25) is 4.68 Å². The van der Waals surface area contributed by atoms with Crippen molar-refractivity contribution in [2.45, 2.75) is 39.8 Å². The van der Waals surface area contributed by atoms with Gasteiger partial charge in [0, 0.05) is 29.6 Å². The molecular formula is C14H20BrN3S. The van der Waals surface area contributed by atoms with Crippen molar-refractivity contribution in [2.24, 2.45) is 0 Å². The summed E-state index contributed by atoms with van der Waals surface area (Å²) in [4.78, 5) is 1.37. The van der Waals surface area contributed by atoms with E-state index >= 15 is 0 Å². The van der Waals surface area contributed by atoms with E-state index in [1.807, 2.05) is 0 Å². The van der Waals surface area contributed by atoms with Gasteiger partial charge in [0.1, 0.15) is 0 Å². The van der Waals surface area contributed by atoms with Gasteiger partial charge in [0.25, 0.3) is 0 Å². The first-order valence-electron chi connectivity index (χ1n) is 6.66. The Labute approximate surface area is 127 Å². The van der Waals surface area contributed by atoms with E-state index in [2.05, 4.69) is 70.0 Å². The van der Waals surface area contributed by atoms with Crippen LogP contribution in [-0.2, 0) is 13.0 Å². The SMILES string of the molecule is CCNC(Cc1cc(C)nn1CC)c1ccc(Br)s1. The van der Waals surface area contributed by atoms with Crippen molar-refractivity contribution in [1.82, 2.24) is 15.1 Å². The molecule has 19 heavy (non-hydrogen) atoms. The zero-order valence-electron chi connectivity index (χ0n) is 11.6. The third kappa shape index (κ3) is 3.68. The molecule has 2 rings (SSSR count). The van der Waals surface area contributed by atoms with E-state index in [1.165, 1.54) is 14.4 Å². The van der Waals surface area contributed by atoms with Gasteiger partial charge in [-0.05, 0) is 54.5 Å². The minimum Gasteiger partial charge on any atom is -0.309 e. The van der Waals surface area contributed by atoms with Crippen LogP contribution < -0.4 is 5.32 Å². The van der Waals surface area contributed by atoms with Crippen molar-refractivity contribution in [3.05, 3.63) is 38.3 Å². The number of rotatable bonds is 6. The summed E-state index contributed by atoms with van der Waals surface area (Å²) < 4.78 is 3.29. The molecule has 0 aliphatic heterocycles. The Balaban J connectivity index is 2.20. The van der Waals surface area contributed by atoms with E-state index in [1.54, 1.807) is 11.3 Å². The summed E-state index contributed by atoms with van der Waals surface area (Å²) in [5, 5.41) is 8.09. The van der Waals surface area contributed by atoms with Crippen molar-refractivity contribution in [2.75, 3.05) is 6.54 Å². The fourth-order valence-corrected chi connectivity index (χ4v) is 3.78. The van der Waals surface area contributed by atoms with Gasteiger partial charge in [-0.1, -0.05) is 6.92 Å². The molecule has 0 fully saturated rings. The molecule has 0 saturated heterocycles. The molecule has 2 heterocycles. The Bertz CT molecular complexity index is 533. The maximum atomic E-state index is 4.52. The molecule has 0 radical (unpaired) electrons. The van der Waals surface area contributed by atoms with Gasteiger partial charge in [0.2, 0.25) is 0 Å². The number of likely N-dealkylation sites (N-methyl/N-ethyl adjacent to an activating group) is 1. The Kier molecular flexibility index (Phi) is 5.19. The van der Waals surface area contributed by atoms with E-state index in [4.69, 9.17) is 0 Å². The van der Waals surface area contributed by atoms with Crippen molar-refractivity contribution >= 4 is 27.3 Å². The molecule has 104 valence electrons. The largest absolute Gasteiger partial charge is 0.309 e. The molecular weight excluding hydrogens is 322 g/mol. The molecule has 1 atom stereocenters. The Morgan fingerprint density at radius 2 is 2.21 bits per heavy atom. The van der Waals surface area contributed by atoms with Crippen LogP contribution in [0.4, 0.5) is 0 Å². The standard InChI is InChI=1S/C14H20BrN3S/c1-4-16-12(13-6-7-14(15)19-13)9-11-8-10(3)17-18(11)5-2/h6-8,12,16H,4-5,9H2,1-3H3. The lowest BCUT2D eigenvalue weighted by molar-refractivity contribution is 0.522. The van der Waals surface area contributed by atoms with Crippen LogP contribution in [0.25, 0.3) is 0 Å². The second-order valence-electron chi connectivity index (χ2n) is 4.55. The quantitative estimate of drug-likeness (QED) is 0.862. The molecule has 2 aromatic rings. The normalized spacial score (nSPS) is 12.8. The minimum atomic E-state index is 0.364. The van der Waals surface area contributed by atoms with Crippen molar-refractivity contribution in [1.29, 1.82) is 0 Å². The number of nitrogens with one attached hydrogen (secondary N) is 1. The summed E-state index contributed by atoms with van der Waals surface area (Å²) in [6.07, 6.45) is 0.982. The smallest absolute Gasteiger partial charge is 0.0701 e. The second-order valence-corrected chi connectivity index (χ2v) is 7.04. The molecule has 0 aliphatic rings. The van der Waals surface area contributed by atoms with Crippen molar-refractivity contribution in [3.8, 4) is 0 Å². The van der Waals surface area contributed by atoms with Gasteiger partial charge in [0.15, 0.2) is 0 Å². The molecule has 1 N–H and O–H groups in total. The first-order chi connectivity index (χ1) is 9.13. The zero-order valence-corrected chi connectivity index (χ0v) is 14.0. The van der Waals surface area contributed by atoms with Crippen LogP contribution in [0, 0.1) is 6.92 Å². The van der Waals surface area contributed by atoms with E-state index in [-0.39, 0.29) is 0 Å². The summed E-state index contributed by atoms with van der Waals surface area (Å²) >= 11 is 5.34. The lowest BCUT2D eigenvalue weighted by Gasteiger charge is -2.17. The van der Waals surface area contributed by atoms with Crippen molar-refractivity contribution < 1.29 is 0 Å². The maximum absolute atomic E-state index is 4.52. The van der Waals surface area contributed by atoms with Crippen LogP contribution >= 0.6 is 27.3 Å². The number of aromatic nitrogens is 2. The molecule has 1 unspecified atom stereocenters. The fourth-order valence-electron chi connectivity index (χ4n) is 2.28. The number of halogens is 1. The molecule has 0 amide bonds. The summed E-state index contributed by atoms with van der Waals surface area (Å²) in [5.74, 6) is 0. The predicted octanol–water partition coefficient (Wildman–Crippen LogP) is 3.93. The van der Waals surface area contributed by atoms with Crippen LogP contribution in [0.3, 0.4) is 0 Å².